The Balaban J connectivity index is 2.23. The lowest BCUT2D eigenvalue weighted by molar-refractivity contribution is -0.123. The Morgan fingerprint density at radius 1 is 1.35 bits per heavy atom. The Hall–Kier alpha value is -1.45. The predicted molar refractivity (Wildman–Crippen MR) is 66.8 cm³/mol. The fraction of sp³-hybridized carbons (Fsp3) is 0.615. The van der Waals surface area contributed by atoms with E-state index < -0.39 is 5.41 Å². The maximum atomic E-state index is 11.9. The van der Waals surface area contributed by atoms with Crippen molar-refractivity contribution < 1.29 is 4.79 Å². The van der Waals surface area contributed by atoms with E-state index in [-0.39, 0.29) is 5.91 Å². The number of aromatic nitrogens is 2. The fourth-order valence-corrected chi connectivity index (χ4v) is 1.61. The predicted octanol–water partition coefficient (Wildman–Crippen LogP) is 2.65. The Morgan fingerprint density at radius 3 is 2.53 bits per heavy atom. The van der Waals surface area contributed by atoms with Gasteiger partial charge in [0.15, 0.2) is 5.82 Å². The third kappa shape index (κ3) is 2.81. The molecule has 92 valence electrons. The van der Waals surface area contributed by atoms with Gasteiger partial charge in [0.25, 0.3) is 0 Å². The molecule has 4 nitrogen and oxygen atoms in total. The van der Waals surface area contributed by atoms with Crippen LogP contribution in [0.2, 0.25) is 0 Å². The number of carbonyl (C=O) groups excluding carboxylic acids is 1. The van der Waals surface area contributed by atoms with Gasteiger partial charge in [-0.1, -0.05) is 20.8 Å². The van der Waals surface area contributed by atoms with Crippen LogP contribution in [0.15, 0.2) is 6.07 Å². The first kappa shape index (κ1) is 12.0. The Labute approximate surface area is 102 Å². The lowest BCUT2D eigenvalue weighted by Crippen LogP contribution is -2.28. The molecule has 0 aliphatic heterocycles. The number of anilines is 1. The Bertz CT molecular complexity index is 444. The van der Waals surface area contributed by atoms with Crippen LogP contribution in [0.3, 0.4) is 0 Å². The molecule has 0 atom stereocenters. The van der Waals surface area contributed by atoms with Gasteiger partial charge in [-0.3, -0.25) is 4.79 Å². The van der Waals surface area contributed by atoms with Crippen LogP contribution >= 0.6 is 0 Å². The normalized spacial score (nSPS) is 15.8. The van der Waals surface area contributed by atoms with Gasteiger partial charge in [0.2, 0.25) is 5.91 Å². The molecule has 0 saturated heterocycles. The van der Waals surface area contributed by atoms with Crippen molar-refractivity contribution in [3.8, 4) is 0 Å². The first-order chi connectivity index (χ1) is 7.88. The molecule has 4 heteroatoms. The van der Waals surface area contributed by atoms with E-state index in [4.69, 9.17) is 0 Å². The van der Waals surface area contributed by atoms with E-state index in [1.807, 2.05) is 33.8 Å². The second-order valence-corrected chi connectivity index (χ2v) is 5.77. The monoisotopic (exact) mass is 233 g/mol. The van der Waals surface area contributed by atoms with Gasteiger partial charge in [0, 0.05) is 11.0 Å². The number of nitrogens with zero attached hydrogens (tertiary/aromatic N) is 2. The zero-order valence-corrected chi connectivity index (χ0v) is 10.9. The molecule has 0 bridgehead atoms. The van der Waals surface area contributed by atoms with Crippen molar-refractivity contribution in [2.75, 3.05) is 5.32 Å². The molecular formula is C13H19N3O. The van der Waals surface area contributed by atoms with Crippen LogP contribution in [0.5, 0.6) is 0 Å². The second-order valence-electron chi connectivity index (χ2n) is 5.77. The highest BCUT2D eigenvalue weighted by Crippen LogP contribution is 2.43. The van der Waals surface area contributed by atoms with E-state index in [2.05, 4.69) is 15.5 Å². The molecule has 0 aromatic carbocycles. The van der Waals surface area contributed by atoms with Gasteiger partial charge in [0.05, 0.1) is 5.69 Å². The van der Waals surface area contributed by atoms with Gasteiger partial charge < -0.3 is 5.32 Å². The van der Waals surface area contributed by atoms with E-state index in [1.165, 1.54) is 12.8 Å². The van der Waals surface area contributed by atoms with Crippen molar-refractivity contribution in [3.05, 3.63) is 17.3 Å². The third-order valence-electron chi connectivity index (χ3n) is 2.88. The van der Waals surface area contributed by atoms with Crippen molar-refractivity contribution in [1.29, 1.82) is 0 Å². The number of nitrogens with one attached hydrogen (secondary N) is 1. The molecule has 1 heterocycles. The van der Waals surface area contributed by atoms with Gasteiger partial charge in [-0.15, -0.1) is 5.10 Å². The molecule has 0 radical (unpaired) electrons. The van der Waals surface area contributed by atoms with Gasteiger partial charge in [-0.2, -0.15) is 5.10 Å². The minimum Gasteiger partial charge on any atom is -0.309 e. The summed E-state index contributed by atoms with van der Waals surface area (Å²) in [7, 11) is 0. The summed E-state index contributed by atoms with van der Waals surface area (Å²) in [6, 6.07) is 2.03. The molecule has 1 aromatic heterocycles. The smallest absolute Gasteiger partial charge is 0.230 e. The third-order valence-corrected chi connectivity index (χ3v) is 2.88. The van der Waals surface area contributed by atoms with Crippen LogP contribution in [-0.4, -0.2) is 16.1 Å². The quantitative estimate of drug-likeness (QED) is 0.854. The highest BCUT2D eigenvalue weighted by atomic mass is 16.2. The number of rotatable bonds is 2. The molecule has 1 saturated carbocycles. The highest BCUT2D eigenvalue weighted by molar-refractivity contribution is 5.94. The Kier molecular flexibility index (Phi) is 2.89. The number of hydrogen-bond donors (Lipinski definition) is 1. The van der Waals surface area contributed by atoms with Crippen LogP contribution in [0.4, 0.5) is 5.82 Å². The molecular weight excluding hydrogens is 214 g/mol. The molecule has 1 aliphatic rings. The zero-order chi connectivity index (χ0) is 12.6. The second kappa shape index (κ2) is 4.09. The van der Waals surface area contributed by atoms with Crippen molar-refractivity contribution in [1.82, 2.24) is 10.2 Å². The number of carbonyl (C=O) groups is 1. The lowest BCUT2D eigenvalue weighted by atomic mass is 9.95. The summed E-state index contributed by atoms with van der Waals surface area (Å²) < 4.78 is 0. The molecule has 1 aromatic rings. The van der Waals surface area contributed by atoms with Crippen LogP contribution in [0, 0.1) is 12.3 Å². The minimum atomic E-state index is -0.409. The van der Waals surface area contributed by atoms with Crippen LogP contribution in [-0.2, 0) is 4.79 Å². The average molecular weight is 233 g/mol. The summed E-state index contributed by atoms with van der Waals surface area (Å²) >= 11 is 0. The number of hydrogen-bond acceptors (Lipinski definition) is 3. The summed E-state index contributed by atoms with van der Waals surface area (Å²) in [6.45, 7) is 7.59. The standard InChI is InChI=1S/C13H19N3O/c1-8-7-10(9-5-6-9)11(16-15-8)14-12(17)13(2,3)4/h7,9H,5-6H2,1-4H3,(H,14,16,17). The first-order valence-electron chi connectivity index (χ1n) is 6.03. The Morgan fingerprint density at radius 2 is 2.00 bits per heavy atom. The van der Waals surface area contributed by atoms with Gasteiger partial charge >= 0.3 is 0 Å². The largest absolute Gasteiger partial charge is 0.309 e. The zero-order valence-electron chi connectivity index (χ0n) is 10.9. The maximum Gasteiger partial charge on any atom is 0.230 e. The summed E-state index contributed by atoms with van der Waals surface area (Å²) in [6.07, 6.45) is 2.37. The first-order valence-corrected chi connectivity index (χ1v) is 6.03. The number of aryl methyl sites for hydroxylation is 1. The summed E-state index contributed by atoms with van der Waals surface area (Å²) in [4.78, 5) is 11.9. The van der Waals surface area contributed by atoms with Crippen LogP contribution in [0.25, 0.3) is 0 Å². The number of amides is 1. The van der Waals surface area contributed by atoms with E-state index in [9.17, 15) is 4.79 Å². The molecule has 1 N–H and O–H groups in total. The van der Waals surface area contributed by atoms with Crippen molar-refractivity contribution in [2.45, 2.75) is 46.5 Å². The highest BCUT2D eigenvalue weighted by Gasteiger charge is 2.29. The summed E-state index contributed by atoms with van der Waals surface area (Å²) in [5.74, 6) is 1.18. The van der Waals surface area contributed by atoms with Gasteiger partial charge in [0.1, 0.15) is 0 Å². The van der Waals surface area contributed by atoms with Gasteiger partial charge in [-0.05, 0) is 31.7 Å². The molecule has 1 aliphatic carbocycles. The molecule has 2 rings (SSSR count). The molecule has 0 unspecified atom stereocenters. The lowest BCUT2D eigenvalue weighted by Gasteiger charge is -2.18. The van der Waals surface area contributed by atoms with Crippen molar-refractivity contribution >= 4 is 11.7 Å². The van der Waals surface area contributed by atoms with Gasteiger partial charge in [-0.25, -0.2) is 0 Å². The van der Waals surface area contributed by atoms with Crippen LogP contribution in [0.1, 0.15) is 50.8 Å². The molecule has 17 heavy (non-hydrogen) atoms. The van der Waals surface area contributed by atoms with E-state index >= 15 is 0 Å². The van der Waals surface area contributed by atoms with Crippen molar-refractivity contribution in [2.24, 2.45) is 5.41 Å². The maximum absolute atomic E-state index is 11.9. The van der Waals surface area contributed by atoms with E-state index in [1.54, 1.807) is 0 Å². The van der Waals surface area contributed by atoms with E-state index in [0.717, 1.165) is 11.3 Å². The van der Waals surface area contributed by atoms with Crippen LogP contribution < -0.4 is 5.32 Å². The molecule has 0 spiro atoms. The average Bonchev–Trinajstić information content (AvgIpc) is 3.02. The summed E-state index contributed by atoms with van der Waals surface area (Å²) in [5.41, 5.74) is 1.63. The molecule has 1 fully saturated rings. The fourth-order valence-electron chi connectivity index (χ4n) is 1.61. The topological polar surface area (TPSA) is 54.9 Å². The SMILES string of the molecule is Cc1cc(C2CC2)c(NC(=O)C(C)(C)C)nn1. The molecule has 1 amide bonds. The van der Waals surface area contributed by atoms with E-state index in [0.29, 0.717) is 11.7 Å². The minimum absolute atomic E-state index is 0.0162. The summed E-state index contributed by atoms with van der Waals surface area (Å²) in [5, 5.41) is 11.0. The van der Waals surface area contributed by atoms with Crippen molar-refractivity contribution in [3.63, 3.8) is 0 Å².